The molecule has 0 radical (unpaired) electrons. The fourth-order valence-corrected chi connectivity index (χ4v) is 2.46. The summed E-state index contributed by atoms with van der Waals surface area (Å²) in [5.74, 6) is 0.0223. The van der Waals surface area contributed by atoms with Gasteiger partial charge in [0.05, 0.1) is 0 Å². The molecule has 0 spiro atoms. The highest BCUT2D eigenvalue weighted by Crippen LogP contribution is 2.24. The maximum absolute atomic E-state index is 12.7. The van der Waals surface area contributed by atoms with E-state index in [0.29, 0.717) is 12.1 Å². The molecule has 2 aromatic rings. The van der Waals surface area contributed by atoms with E-state index >= 15 is 0 Å². The van der Waals surface area contributed by atoms with Crippen LogP contribution in [0.2, 0.25) is 0 Å². The number of phenolic OH excluding ortho intramolecular Hbond substituents is 1. The molecule has 0 unspecified atom stereocenters. The average Bonchev–Trinajstić information content (AvgIpc) is 2.69. The number of para-hydroxylation sites is 1. The van der Waals surface area contributed by atoms with Crippen LogP contribution in [0.3, 0.4) is 0 Å². The van der Waals surface area contributed by atoms with Gasteiger partial charge >= 0.3 is 0 Å². The van der Waals surface area contributed by atoms with Crippen molar-refractivity contribution in [1.82, 2.24) is 5.32 Å². The van der Waals surface area contributed by atoms with Gasteiger partial charge in [0, 0.05) is 30.9 Å². The third-order valence-electron chi connectivity index (χ3n) is 3.45. The molecule has 1 aliphatic heterocycles. The summed E-state index contributed by atoms with van der Waals surface area (Å²) in [6.45, 7) is 2.13. The molecule has 102 valence electrons. The minimum atomic E-state index is -0.0861. The van der Waals surface area contributed by atoms with Gasteiger partial charge in [-0.25, -0.2) is 0 Å². The van der Waals surface area contributed by atoms with Crippen LogP contribution in [0.25, 0.3) is 0 Å². The van der Waals surface area contributed by atoms with Gasteiger partial charge in [-0.2, -0.15) is 0 Å². The number of carbonyl (C=O) groups excluding carboxylic acids is 1. The van der Waals surface area contributed by atoms with E-state index in [1.807, 2.05) is 24.3 Å². The van der Waals surface area contributed by atoms with E-state index in [1.54, 1.807) is 23.1 Å². The summed E-state index contributed by atoms with van der Waals surface area (Å²) in [6.07, 6.45) is 0. The van der Waals surface area contributed by atoms with Crippen LogP contribution < -0.4 is 10.2 Å². The summed E-state index contributed by atoms with van der Waals surface area (Å²) in [5.41, 5.74) is 2.55. The maximum Gasteiger partial charge on any atom is 0.258 e. The topological polar surface area (TPSA) is 52.6 Å². The number of hydrogen-bond donors (Lipinski definition) is 2. The molecule has 1 aliphatic rings. The van der Waals surface area contributed by atoms with Crippen molar-refractivity contribution in [2.24, 2.45) is 0 Å². The van der Waals surface area contributed by atoms with Gasteiger partial charge in [-0.3, -0.25) is 4.79 Å². The molecule has 0 fully saturated rings. The normalized spacial score (nSPS) is 14.5. The molecular weight excluding hydrogens is 252 g/mol. The van der Waals surface area contributed by atoms with Crippen molar-refractivity contribution >= 4 is 11.6 Å². The molecule has 2 N–H and O–H groups in total. The van der Waals surface area contributed by atoms with Crippen LogP contribution in [0.4, 0.5) is 5.69 Å². The lowest BCUT2D eigenvalue weighted by Crippen LogP contribution is -2.34. The highest BCUT2D eigenvalue weighted by molar-refractivity contribution is 6.06. The summed E-state index contributed by atoms with van der Waals surface area (Å²) in [5, 5.41) is 12.8. The summed E-state index contributed by atoms with van der Waals surface area (Å²) in [4.78, 5) is 14.4. The van der Waals surface area contributed by atoms with Crippen molar-refractivity contribution in [3.05, 3.63) is 59.7 Å². The minimum absolute atomic E-state index is 0.0861. The molecule has 0 aliphatic carbocycles. The van der Waals surface area contributed by atoms with Crippen molar-refractivity contribution in [2.75, 3.05) is 18.0 Å². The first-order valence-corrected chi connectivity index (χ1v) is 6.65. The van der Waals surface area contributed by atoms with Crippen molar-refractivity contribution in [2.45, 2.75) is 6.54 Å². The Bertz CT molecular complexity index is 640. The quantitative estimate of drug-likeness (QED) is 0.833. The second-order valence-electron chi connectivity index (χ2n) is 4.81. The number of amides is 1. The molecule has 0 saturated heterocycles. The van der Waals surface area contributed by atoms with Gasteiger partial charge in [0.2, 0.25) is 0 Å². The number of phenols is 1. The second-order valence-corrected chi connectivity index (χ2v) is 4.81. The molecular formula is C16H16N2O2. The van der Waals surface area contributed by atoms with E-state index in [4.69, 9.17) is 0 Å². The highest BCUT2D eigenvalue weighted by Gasteiger charge is 2.21. The number of hydrogen-bond acceptors (Lipinski definition) is 3. The maximum atomic E-state index is 12.7. The smallest absolute Gasteiger partial charge is 0.258 e. The number of benzene rings is 2. The monoisotopic (exact) mass is 268 g/mol. The van der Waals surface area contributed by atoms with E-state index < -0.39 is 0 Å². The van der Waals surface area contributed by atoms with Gasteiger partial charge < -0.3 is 15.3 Å². The van der Waals surface area contributed by atoms with Crippen LogP contribution in [0, 0.1) is 0 Å². The standard InChI is InChI=1S/C16H16N2O2/c19-14-6-3-5-12(10-14)16(20)18-9-8-17-11-13-4-1-2-7-15(13)18/h1-7,10,17,19H,8-9,11H2. The Balaban J connectivity index is 1.99. The number of aromatic hydroxyl groups is 1. The van der Waals surface area contributed by atoms with Gasteiger partial charge in [-0.15, -0.1) is 0 Å². The molecule has 0 aromatic heterocycles. The predicted octanol–water partition coefficient (Wildman–Crippen LogP) is 2.14. The number of nitrogens with one attached hydrogen (secondary N) is 1. The SMILES string of the molecule is O=C(c1cccc(O)c1)N1CCNCc2ccccc21. The zero-order valence-corrected chi connectivity index (χ0v) is 11.0. The number of carbonyl (C=O) groups is 1. The largest absolute Gasteiger partial charge is 0.508 e. The minimum Gasteiger partial charge on any atom is -0.508 e. The molecule has 2 aromatic carbocycles. The van der Waals surface area contributed by atoms with Crippen LogP contribution in [-0.4, -0.2) is 24.1 Å². The molecule has 20 heavy (non-hydrogen) atoms. The third-order valence-corrected chi connectivity index (χ3v) is 3.45. The molecule has 3 rings (SSSR count). The van der Waals surface area contributed by atoms with Crippen LogP contribution in [-0.2, 0) is 6.54 Å². The van der Waals surface area contributed by atoms with Gasteiger partial charge in [0.1, 0.15) is 5.75 Å². The average molecular weight is 268 g/mol. The fraction of sp³-hybridized carbons (Fsp3) is 0.188. The Morgan fingerprint density at radius 2 is 2.00 bits per heavy atom. The van der Waals surface area contributed by atoms with Crippen LogP contribution in [0.15, 0.2) is 48.5 Å². The molecule has 1 heterocycles. The second kappa shape index (κ2) is 5.35. The molecule has 4 heteroatoms. The first-order chi connectivity index (χ1) is 9.75. The molecule has 1 amide bonds. The van der Waals surface area contributed by atoms with E-state index in [1.165, 1.54) is 6.07 Å². The third kappa shape index (κ3) is 2.38. The summed E-state index contributed by atoms with van der Waals surface area (Å²) in [7, 11) is 0. The Hall–Kier alpha value is -2.33. The Morgan fingerprint density at radius 1 is 1.15 bits per heavy atom. The number of rotatable bonds is 1. The van der Waals surface area contributed by atoms with Crippen molar-refractivity contribution in [1.29, 1.82) is 0 Å². The highest BCUT2D eigenvalue weighted by atomic mass is 16.3. The molecule has 0 atom stereocenters. The predicted molar refractivity (Wildman–Crippen MR) is 77.9 cm³/mol. The van der Waals surface area contributed by atoms with E-state index in [-0.39, 0.29) is 11.7 Å². The summed E-state index contributed by atoms with van der Waals surface area (Å²) >= 11 is 0. The first kappa shape index (κ1) is 12.7. The molecule has 0 saturated carbocycles. The van der Waals surface area contributed by atoms with Crippen LogP contribution in [0.1, 0.15) is 15.9 Å². The molecule has 4 nitrogen and oxygen atoms in total. The fourth-order valence-electron chi connectivity index (χ4n) is 2.46. The zero-order chi connectivity index (χ0) is 13.9. The van der Waals surface area contributed by atoms with Crippen LogP contribution in [0.5, 0.6) is 5.75 Å². The van der Waals surface area contributed by atoms with Gasteiger partial charge in [0.25, 0.3) is 5.91 Å². The Labute approximate surface area is 117 Å². The van der Waals surface area contributed by atoms with E-state index in [0.717, 1.165) is 24.3 Å². The van der Waals surface area contributed by atoms with E-state index in [2.05, 4.69) is 5.32 Å². The van der Waals surface area contributed by atoms with Gasteiger partial charge in [0.15, 0.2) is 0 Å². The lowest BCUT2D eigenvalue weighted by atomic mass is 10.1. The summed E-state index contributed by atoms with van der Waals surface area (Å²) in [6, 6.07) is 14.4. The zero-order valence-electron chi connectivity index (χ0n) is 11.0. The van der Waals surface area contributed by atoms with E-state index in [9.17, 15) is 9.90 Å². The Morgan fingerprint density at radius 3 is 2.85 bits per heavy atom. The van der Waals surface area contributed by atoms with Gasteiger partial charge in [-0.1, -0.05) is 24.3 Å². The van der Waals surface area contributed by atoms with Crippen molar-refractivity contribution in [3.63, 3.8) is 0 Å². The first-order valence-electron chi connectivity index (χ1n) is 6.65. The number of nitrogens with zero attached hydrogens (tertiary/aromatic N) is 1. The number of fused-ring (bicyclic) bond motifs is 1. The molecule has 0 bridgehead atoms. The summed E-state index contributed by atoms with van der Waals surface area (Å²) < 4.78 is 0. The lowest BCUT2D eigenvalue weighted by molar-refractivity contribution is 0.0987. The Kier molecular flexibility index (Phi) is 3.39. The van der Waals surface area contributed by atoms with Crippen LogP contribution >= 0.6 is 0 Å². The number of anilines is 1. The lowest BCUT2D eigenvalue weighted by Gasteiger charge is -2.22. The van der Waals surface area contributed by atoms with Crippen molar-refractivity contribution in [3.8, 4) is 5.75 Å². The van der Waals surface area contributed by atoms with Gasteiger partial charge in [-0.05, 0) is 29.8 Å². The van der Waals surface area contributed by atoms with Crippen molar-refractivity contribution < 1.29 is 9.90 Å².